The maximum absolute atomic E-state index is 11.7. The fourth-order valence-corrected chi connectivity index (χ4v) is 2.47. The Kier molecular flexibility index (Phi) is 9.18. The van der Waals surface area contributed by atoms with Crippen LogP contribution in [0.15, 0.2) is 36.4 Å². The van der Waals surface area contributed by atoms with Crippen LogP contribution in [-0.2, 0) is 16.1 Å². The minimum absolute atomic E-state index is 0.103. The van der Waals surface area contributed by atoms with Gasteiger partial charge in [-0.05, 0) is 36.4 Å². The molecular weight excluding hydrogens is 376 g/mol. The number of ether oxygens (including phenoxy) is 1. The molecule has 4 N–H and O–H groups in total. The van der Waals surface area contributed by atoms with Crippen LogP contribution >= 0.6 is 0 Å². The molecule has 0 unspecified atom stereocenters. The fraction of sp³-hybridized carbons (Fsp3) is 0.286. The Morgan fingerprint density at radius 1 is 1.07 bits per heavy atom. The van der Waals surface area contributed by atoms with Crippen LogP contribution in [0.25, 0.3) is 0 Å². The van der Waals surface area contributed by atoms with Crippen molar-refractivity contribution in [1.82, 2.24) is 5.32 Å². The van der Waals surface area contributed by atoms with Crippen LogP contribution in [0.2, 0.25) is 0 Å². The van der Waals surface area contributed by atoms with Crippen molar-refractivity contribution < 1.29 is 29.3 Å². The van der Waals surface area contributed by atoms with Crippen LogP contribution in [0, 0.1) is 0 Å². The number of aliphatic carboxylic acids is 1. The molecule has 1 aliphatic heterocycles. The van der Waals surface area contributed by atoms with Crippen LogP contribution in [0.5, 0.6) is 17.2 Å². The van der Waals surface area contributed by atoms with E-state index in [4.69, 9.17) is 9.84 Å². The first kappa shape index (κ1) is 23.5. The van der Waals surface area contributed by atoms with E-state index < -0.39 is 18.3 Å². The summed E-state index contributed by atoms with van der Waals surface area (Å²) in [5.74, 6) is -1.38. The van der Waals surface area contributed by atoms with Gasteiger partial charge in [0.1, 0.15) is 23.7 Å². The SMILES string of the molecule is CC.CC.O=C(O)CC(=O)Nc1ccc(Oc2ccc(O)c3c2CNC3=O)cc1. The molecular formula is C21H26N2O6. The Balaban J connectivity index is 0.000000989. The Morgan fingerprint density at radius 2 is 1.69 bits per heavy atom. The number of carboxylic acid groups (broad SMARTS) is 1. The molecule has 0 saturated carbocycles. The third-order valence-corrected chi connectivity index (χ3v) is 3.58. The molecule has 2 amide bonds. The number of carbonyl (C=O) groups excluding carboxylic acids is 2. The zero-order valence-corrected chi connectivity index (χ0v) is 16.9. The summed E-state index contributed by atoms with van der Waals surface area (Å²) in [7, 11) is 0. The monoisotopic (exact) mass is 402 g/mol. The van der Waals surface area contributed by atoms with Gasteiger partial charge < -0.3 is 25.6 Å². The molecule has 0 saturated heterocycles. The number of fused-ring (bicyclic) bond motifs is 1. The average Bonchev–Trinajstić information content (AvgIpc) is 3.11. The van der Waals surface area contributed by atoms with Crippen molar-refractivity contribution in [3.63, 3.8) is 0 Å². The van der Waals surface area contributed by atoms with Gasteiger partial charge in [-0.15, -0.1) is 0 Å². The highest BCUT2D eigenvalue weighted by Gasteiger charge is 2.26. The molecule has 1 heterocycles. The highest BCUT2D eigenvalue weighted by atomic mass is 16.5. The number of hydrogen-bond donors (Lipinski definition) is 4. The van der Waals surface area contributed by atoms with Crippen LogP contribution in [0.3, 0.4) is 0 Å². The highest BCUT2D eigenvalue weighted by molar-refractivity contribution is 6.02. The molecule has 8 heteroatoms. The molecule has 3 rings (SSSR count). The number of rotatable bonds is 5. The molecule has 156 valence electrons. The quantitative estimate of drug-likeness (QED) is 0.562. The summed E-state index contributed by atoms with van der Waals surface area (Å²) in [5.41, 5.74) is 1.21. The standard InChI is InChI=1S/C17H14N2O6.2C2H6/c20-12-5-6-13(11-8-18-17(24)16(11)12)25-10-3-1-9(2-4-10)19-14(21)7-15(22)23;2*1-2/h1-6,20H,7-8H2,(H,18,24)(H,19,21)(H,22,23);2*1-2H3. The van der Waals surface area contributed by atoms with Crippen molar-refractivity contribution in [3.05, 3.63) is 47.5 Å². The molecule has 0 aromatic heterocycles. The Morgan fingerprint density at radius 3 is 2.28 bits per heavy atom. The minimum Gasteiger partial charge on any atom is -0.507 e. The van der Waals surface area contributed by atoms with Crippen LogP contribution in [0.4, 0.5) is 5.69 Å². The van der Waals surface area contributed by atoms with E-state index in [2.05, 4.69) is 10.6 Å². The zero-order chi connectivity index (χ0) is 22.0. The summed E-state index contributed by atoms with van der Waals surface area (Å²) < 4.78 is 5.74. The van der Waals surface area contributed by atoms with Crippen molar-refractivity contribution in [2.45, 2.75) is 40.7 Å². The maximum Gasteiger partial charge on any atom is 0.312 e. The van der Waals surface area contributed by atoms with Gasteiger partial charge in [-0.25, -0.2) is 0 Å². The van der Waals surface area contributed by atoms with E-state index in [1.807, 2.05) is 27.7 Å². The first-order valence-corrected chi connectivity index (χ1v) is 9.36. The molecule has 0 radical (unpaired) electrons. The molecule has 2 aromatic carbocycles. The van der Waals surface area contributed by atoms with Gasteiger partial charge in [0.15, 0.2) is 0 Å². The second kappa shape index (κ2) is 11.3. The lowest BCUT2D eigenvalue weighted by atomic mass is 10.1. The van der Waals surface area contributed by atoms with Gasteiger partial charge in [-0.3, -0.25) is 14.4 Å². The lowest BCUT2D eigenvalue weighted by molar-refractivity contribution is -0.139. The largest absolute Gasteiger partial charge is 0.507 e. The van der Waals surface area contributed by atoms with Crippen LogP contribution in [-0.4, -0.2) is 28.0 Å². The predicted molar refractivity (Wildman–Crippen MR) is 109 cm³/mol. The van der Waals surface area contributed by atoms with E-state index in [0.717, 1.165) is 0 Å². The van der Waals surface area contributed by atoms with Crippen LogP contribution < -0.4 is 15.4 Å². The topological polar surface area (TPSA) is 125 Å². The average molecular weight is 402 g/mol. The summed E-state index contributed by atoms with van der Waals surface area (Å²) in [6, 6.07) is 9.29. The molecule has 0 spiro atoms. The van der Waals surface area contributed by atoms with Crippen molar-refractivity contribution in [3.8, 4) is 17.2 Å². The van der Waals surface area contributed by atoms with Gasteiger partial charge >= 0.3 is 5.97 Å². The molecule has 1 aliphatic rings. The predicted octanol–water partition coefficient (Wildman–Crippen LogP) is 3.89. The number of anilines is 1. The maximum atomic E-state index is 11.7. The van der Waals surface area contributed by atoms with Gasteiger partial charge in [0.25, 0.3) is 5.91 Å². The summed E-state index contributed by atoms with van der Waals surface area (Å²) >= 11 is 0. The summed E-state index contributed by atoms with van der Waals surface area (Å²) in [5, 5.41) is 23.4. The van der Waals surface area contributed by atoms with Crippen molar-refractivity contribution >= 4 is 23.5 Å². The third kappa shape index (κ3) is 6.24. The number of aromatic hydroxyl groups is 1. The fourth-order valence-electron chi connectivity index (χ4n) is 2.47. The lowest BCUT2D eigenvalue weighted by Gasteiger charge is -2.11. The van der Waals surface area contributed by atoms with Gasteiger partial charge in [0.2, 0.25) is 5.91 Å². The molecule has 0 aliphatic carbocycles. The Labute approximate surface area is 169 Å². The van der Waals surface area contributed by atoms with E-state index in [1.54, 1.807) is 30.3 Å². The summed E-state index contributed by atoms with van der Waals surface area (Å²) in [6.45, 7) is 8.27. The van der Waals surface area contributed by atoms with E-state index in [-0.39, 0.29) is 23.8 Å². The van der Waals surface area contributed by atoms with E-state index in [9.17, 15) is 19.5 Å². The van der Waals surface area contributed by atoms with Crippen molar-refractivity contribution in [1.29, 1.82) is 0 Å². The molecule has 0 atom stereocenters. The highest BCUT2D eigenvalue weighted by Crippen LogP contribution is 2.35. The van der Waals surface area contributed by atoms with E-state index >= 15 is 0 Å². The number of amides is 2. The number of nitrogens with one attached hydrogen (secondary N) is 2. The smallest absolute Gasteiger partial charge is 0.312 e. The first-order chi connectivity index (χ1) is 13.9. The first-order valence-electron chi connectivity index (χ1n) is 9.36. The number of phenolic OH excluding ortho intramolecular Hbond substituents is 1. The summed E-state index contributed by atoms with van der Waals surface area (Å²) in [4.78, 5) is 33.6. The van der Waals surface area contributed by atoms with Crippen LogP contribution in [0.1, 0.15) is 50.0 Å². The van der Waals surface area contributed by atoms with Gasteiger partial charge in [-0.1, -0.05) is 27.7 Å². The van der Waals surface area contributed by atoms with Crippen molar-refractivity contribution in [2.24, 2.45) is 0 Å². The molecule has 2 aromatic rings. The molecule has 8 nitrogen and oxygen atoms in total. The lowest BCUT2D eigenvalue weighted by Crippen LogP contribution is -2.15. The van der Waals surface area contributed by atoms with Gasteiger partial charge in [-0.2, -0.15) is 0 Å². The Bertz CT molecular complexity index is 862. The molecule has 29 heavy (non-hydrogen) atoms. The van der Waals surface area contributed by atoms with Gasteiger partial charge in [0, 0.05) is 17.8 Å². The number of carboxylic acids is 1. The third-order valence-electron chi connectivity index (χ3n) is 3.58. The number of phenols is 1. The number of hydrogen-bond acceptors (Lipinski definition) is 5. The Hall–Kier alpha value is -3.55. The normalized spacial score (nSPS) is 11.0. The second-order valence-corrected chi connectivity index (χ2v) is 5.36. The zero-order valence-electron chi connectivity index (χ0n) is 16.9. The number of benzene rings is 2. The number of carbonyl (C=O) groups is 3. The van der Waals surface area contributed by atoms with Crippen molar-refractivity contribution in [2.75, 3.05) is 5.32 Å². The molecule has 0 fully saturated rings. The van der Waals surface area contributed by atoms with E-state index in [0.29, 0.717) is 22.7 Å². The minimum atomic E-state index is -1.21. The molecule has 0 bridgehead atoms. The summed E-state index contributed by atoms with van der Waals surface area (Å²) in [6.07, 6.45) is -0.612. The van der Waals surface area contributed by atoms with E-state index in [1.165, 1.54) is 6.07 Å². The van der Waals surface area contributed by atoms with Gasteiger partial charge in [0.05, 0.1) is 5.56 Å². The second-order valence-electron chi connectivity index (χ2n) is 5.36.